The Hall–Kier alpha value is -0.0800. The average molecular weight is 194 g/mol. The van der Waals surface area contributed by atoms with E-state index in [1.807, 2.05) is 0 Å². The molecule has 14 heavy (non-hydrogen) atoms. The molecule has 0 aromatic rings. The Bertz CT molecular complexity index is 182. The van der Waals surface area contributed by atoms with Crippen LogP contribution in [0.3, 0.4) is 0 Å². The zero-order chi connectivity index (χ0) is 9.38. The zero-order valence-electron chi connectivity index (χ0n) is 9.04. The van der Waals surface area contributed by atoms with Gasteiger partial charge in [0, 0.05) is 19.6 Å². The zero-order valence-corrected chi connectivity index (χ0v) is 9.04. The fraction of sp³-hybridized carbons (Fsp3) is 1.00. The highest BCUT2D eigenvalue weighted by atomic mass is 15.2. The molecule has 2 bridgehead atoms. The average Bonchev–Trinajstić information content (AvgIpc) is 2.18. The summed E-state index contributed by atoms with van der Waals surface area (Å²) >= 11 is 0. The molecular formula is C12H22N2. The van der Waals surface area contributed by atoms with E-state index in [0.29, 0.717) is 0 Å². The molecule has 1 saturated carbocycles. The molecule has 4 rings (SSSR count). The summed E-state index contributed by atoms with van der Waals surface area (Å²) in [5, 5.41) is 3.45. The van der Waals surface area contributed by atoms with Crippen molar-refractivity contribution in [1.82, 2.24) is 10.2 Å². The van der Waals surface area contributed by atoms with Gasteiger partial charge in [-0.25, -0.2) is 0 Å². The number of rotatable bonds is 2. The lowest BCUT2D eigenvalue weighted by molar-refractivity contribution is 0.0160. The SMILES string of the molecule is C1CC(CN2CC3CC(C3)C2)CCN1. The van der Waals surface area contributed by atoms with Crippen molar-refractivity contribution in [2.45, 2.75) is 25.7 Å². The van der Waals surface area contributed by atoms with Crippen molar-refractivity contribution in [1.29, 1.82) is 0 Å². The maximum absolute atomic E-state index is 3.45. The van der Waals surface area contributed by atoms with Crippen LogP contribution in [0.25, 0.3) is 0 Å². The highest BCUT2D eigenvalue weighted by Crippen LogP contribution is 2.39. The van der Waals surface area contributed by atoms with Crippen LogP contribution >= 0.6 is 0 Å². The molecule has 0 spiro atoms. The van der Waals surface area contributed by atoms with Gasteiger partial charge in [0.2, 0.25) is 0 Å². The summed E-state index contributed by atoms with van der Waals surface area (Å²) in [5.41, 5.74) is 0. The maximum atomic E-state index is 3.45. The first-order valence-corrected chi connectivity index (χ1v) is 6.33. The number of hydrogen-bond acceptors (Lipinski definition) is 2. The molecule has 0 aromatic carbocycles. The van der Waals surface area contributed by atoms with Crippen LogP contribution in [0.5, 0.6) is 0 Å². The third-order valence-corrected chi connectivity index (χ3v) is 4.34. The van der Waals surface area contributed by atoms with Gasteiger partial charge in [0.25, 0.3) is 0 Å². The number of nitrogens with zero attached hydrogens (tertiary/aromatic N) is 1. The summed E-state index contributed by atoms with van der Waals surface area (Å²) in [7, 11) is 0. The van der Waals surface area contributed by atoms with E-state index < -0.39 is 0 Å². The van der Waals surface area contributed by atoms with Gasteiger partial charge in [-0.3, -0.25) is 0 Å². The second-order valence-electron chi connectivity index (χ2n) is 5.62. The molecule has 80 valence electrons. The summed E-state index contributed by atoms with van der Waals surface area (Å²) in [5.74, 6) is 3.15. The predicted octanol–water partition coefficient (Wildman–Crippen LogP) is 1.33. The Morgan fingerprint density at radius 2 is 1.64 bits per heavy atom. The summed E-state index contributed by atoms with van der Waals surface area (Å²) in [6.45, 7) is 6.74. The van der Waals surface area contributed by atoms with Crippen molar-refractivity contribution in [3.63, 3.8) is 0 Å². The summed E-state index contributed by atoms with van der Waals surface area (Å²) in [6, 6.07) is 0. The molecule has 0 aromatic heterocycles. The van der Waals surface area contributed by atoms with Gasteiger partial charge in [0.05, 0.1) is 0 Å². The first-order valence-electron chi connectivity index (χ1n) is 6.33. The third-order valence-electron chi connectivity index (χ3n) is 4.34. The van der Waals surface area contributed by atoms with Gasteiger partial charge in [-0.2, -0.15) is 0 Å². The van der Waals surface area contributed by atoms with Gasteiger partial charge >= 0.3 is 0 Å². The second-order valence-corrected chi connectivity index (χ2v) is 5.62. The fourth-order valence-electron chi connectivity index (χ4n) is 3.56. The molecular weight excluding hydrogens is 172 g/mol. The van der Waals surface area contributed by atoms with Gasteiger partial charge in [-0.15, -0.1) is 0 Å². The van der Waals surface area contributed by atoms with Gasteiger partial charge in [0.15, 0.2) is 0 Å². The third kappa shape index (κ3) is 1.82. The Labute approximate surface area is 87.0 Å². The molecule has 2 heteroatoms. The standard InChI is InChI=1S/C12H22N2/c1-3-13-4-2-10(1)7-14-8-11-5-12(6-11)9-14/h10-13H,1-9H2. The topological polar surface area (TPSA) is 15.3 Å². The number of hydrogen-bond donors (Lipinski definition) is 1. The van der Waals surface area contributed by atoms with E-state index in [2.05, 4.69) is 10.2 Å². The van der Waals surface area contributed by atoms with Gasteiger partial charge in [-0.05, 0) is 56.5 Å². The van der Waals surface area contributed by atoms with E-state index in [1.54, 1.807) is 12.8 Å². The molecule has 3 heterocycles. The van der Waals surface area contributed by atoms with Gasteiger partial charge in [0.1, 0.15) is 0 Å². The minimum atomic E-state index is 0.994. The molecule has 2 nitrogen and oxygen atoms in total. The quantitative estimate of drug-likeness (QED) is 0.713. The van der Waals surface area contributed by atoms with Crippen molar-refractivity contribution in [2.24, 2.45) is 17.8 Å². The van der Waals surface area contributed by atoms with E-state index in [1.165, 1.54) is 45.6 Å². The molecule has 3 aliphatic heterocycles. The molecule has 1 N–H and O–H groups in total. The minimum absolute atomic E-state index is 0.994. The monoisotopic (exact) mass is 194 g/mol. The lowest BCUT2D eigenvalue weighted by atomic mass is 9.71. The molecule has 4 aliphatic rings. The Balaban J connectivity index is 1.47. The van der Waals surface area contributed by atoms with Crippen LogP contribution < -0.4 is 5.32 Å². The van der Waals surface area contributed by atoms with Gasteiger partial charge < -0.3 is 10.2 Å². The Morgan fingerprint density at radius 3 is 2.29 bits per heavy atom. The van der Waals surface area contributed by atoms with Crippen molar-refractivity contribution >= 4 is 0 Å². The predicted molar refractivity (Wildman–Crippen MR) is 58.2 cm³/mol. The van der Waals surface area contributed by atoms with Crippen molar-refractivity contribution in [3.05, 3.63) is 0 Å². The van der Waals surface area contributed by atoms with Crippen LogP contribution in [0.15, 0.2) is 0 Å². The van der Waals surface area contributed by atoms with Crippen LogP contribution in [0.4, 0.5) is 0 Å². The minimum Gasteiger partial charge on any atom is -0.317 e. The molecule has 1 aliphatic carbocycles. The molecule has 0 amide bonds. The Kier molecular flexibility index (Phi) is 2.50. The lowest BCUT2D eigenvalue weighted by Crippen LogP contribution is -2.50. The van der Waals surface area contributed by atoms with Crippen molar-refractivity contribution in [2.75, 3.05) is 32.7 Å². The van der Waals surface area contributed by atoms with E-state index in [-0.39, 0.29) is 0 Å². The van der Waals surface area contributed by atoms with Crippen LogP contribution in [-0.4, -0.2) is 37.6 Å². The number of nitrogens with one attached hydrogen (secondary N) is 1. The second kappa shape index (κ2) is 3.82. The number of piperidine rings is 3. The normalized spacial score (nSPS) is 39.4. The summed E-state index contributed by atoms with van der Waals surface area (Å²) < 4.78 is 0. The van der Waals surface area contributed by atoms with E-state index >= 15 is 0 Å². The fourth-order valence-corrected chi connectivity index (χ4v) is 3.56. The molecule has 0 unspecified atom stereocenters. The highest BCUT2D eigenvalue weighted by Gasteiger charge is 2.37. The molecule has 4 fully saturated rings. The molecule has 0 radical (unpaired) electrons. The highest BCUT2D eigenvalue weighted by molar-refractivity contribution is 4.90. The molecule has 3 saturated heterocycles. The van der Waals surface area contributed by atoms with Crippen LogP contribution in [0, 0.1) is 17.8 Å². The maximum Gasteiger partial charge on any atom is 0.00108 e. The summed E-state index contributed by atoms with van der Waals surface area (Å²) in [4.78, 5) is 2.75. The largest absolute Gasteiger partial charge is 0.317 e. The summed E-state index contributed by atoms with van der Waals surface area (Å²) in [6.07, 6.45) is 5.91. The first-order chi connectivity index (χ1) is 6.90. The van der Waals surface area contributed by atoms with Crippen molar-refractivity contribution in [3.8, 4) is 0 Å². The van der Waals surface area contributed by atoms with E-state index in [4.69, 9.17) is 0 Å². The van der Waals surface area contributed by atoms with E-state index in [0.717, 1.165) is 17.8 Å². The smallest absolute Gasteiger partial charge is 0.00108 e. The van der Waals surface area contributed by atoms with Gasteiger partial charge in [-0.1, -0.05) is 0 Å². The first kappa shape index (κ1) is 9.17. The number of fused-ring (bicyclic) bond motifs is 2. The van der Waals surface area contributed by atoms with Crippen LogP contribution in [0.1, 0.15) is 25.7 Å². The van der Waals surface area contributed by atoms with E-state index in [9.17, 15) is 0 Å². The lowest BCUT2D eigenvalue weighted by Gasteiger charge is -2.48. The van der Waals surface area contributed by atoms with Crippen LogP contribution in [-0.2, 0) is 0 Å². The Morgan fingerprint density at radius 1 is 1.00 bits per heavy atom. The molecule has 0 atom stereocenters. The van der Waals surface area contributed by atoms with Crippen molar-refractivity contribution < 1.29 is 0 Å². The van der Waals surface area contributed by atoms with Crippen LogP contribution in [0.2, 0.25) is 0 Å².